The number of amides is 2. The first-order valence-electron chi connectivity index (χ1n) is 12.7. The molecule has 1 fully saturated rings. The molecule has 1 aliphatic heterocycles. The van der Waals surface area contributed by atoms with Crippen molar-refractivity contribution in [2.75, 3.05) is 11.4 Å². The number of carbonyl (C=O) groups is 2. The monoisotopic (exact) mass is 594 g/mol. The number of hydrogen-bond donors (Lipinski definition) is 1. The van der Waals surface area contributed by atoms with Gasteiger partial charge in [-0.05, 0) is 98.3 Å². The van der Waals surface area contributed by atoms with Crippen molar-refractivity contribution in [3.05, 3.63) is 88.0 Å². The van der Waals surface area contributed by atoms with E-state index in [-0.39, 0.29) is 34.9 Å². The molecule has 214 valence electrons. The molecule has 0 aromatic heterocycles. The zero-order valence-electron chi connectivity index (χ0n) is 23.1. The van der Waals surface area contributed by atoms with E-state index in [1.54, 1.807) is 13.8 Å². The SMILES string of the molecule is Cc1cc(C)c(C)c(S(=O)(=O)N(CCc2ccc(S(N)(=O)=O)cc2)C2CC(=O)N(c3ccc(C#N)cc3)C2=O)c1C. The van der Waals surface area contributed by atoms with E-state index in [1.165, 1.54) is 48.5 Å². The second-order valence-electron chi connectivity index (χ2n) is 10.1. The number of primary sulfonamides is 1. The second-order valence-corrected chi connectivity index (χ2v) is 13.5. The Hall–Kier alpha value is -3.89. The van der Waals surface area contributed by atoms with Crippen LogP contribution < -0.4 is 10.0 Å². The normalized spacial score (nSPS) is 15.9. The Labute approximate surface area is 240 Å². The number of aryl methyl sites for hydroxylation is 2. The lowest BCUT2D eigenvalue weighted by atomic mass is 10.0. The van der Waals surface area contributed by atoms with Crippen molar-refractivity contribution in [3.8, 4) is 6.07 Å². The van der Waals surface area contributed by atoms with Gasteiger partial charge in [-0.2, -0.15) is 9.57 Å². The van der Waals surface area contributed by atoms with Crippen LogP contribution in [0.1, 0.15) is 39.8 Å². The van der Waals surface area contributed by atoms with Gasteiger partial charge in [0.25, 0.3) is 5.91 Å². The minimum atomic E-state index is -4.29. The summed E-state index contributed by atoms with van der Waals surface area (Å²) in [6.45, 7) is 6.91. The van der Waals surface area contributed by atoms with Crippen LogP contribution in [0.3, 0.4) is 0 Å². The number of nitrogens with zero attached hydrogens (tertiary/aromatic N) is 3. The number of carbonyl (C=O) groups excluding carboxylic acids is 2. The molecule has 41 heavy (non-hydrogen) atoms. The molecule has 4 rings (SSSR count). The Morgan fingerprint density at radius 2 is 1.49 bits per heavy atom. The maximum atomic E-state index is 14.4. The van der Waals surface area contributed by atoms with Crippen LogP contribution in [0, 0.1) is 39.0 Å². The number of nitrogens with two attached hydrogens (primary N) is 1. The topological polar surface area (TPSA) is 159 Å². The van der Waals surface area contributed by atoms with Gasteiger partial charge in [-0.3, -0.25) is 9.59 Å². The van der Waals surface area contributed by atoms with Crippen LogP contribution in [-0.2, 0) is 36.1 Å². The van der Waals surface area contributed by atoms with Crippen LogP contribution in [0.2, 0.25) is 0 Å². The summed E-state index contributed by atoms with van der Waals surface area (Å²) in [4.78, 5) is 27.8. The van der Waals surface area contributed by atoms with Crippen LogP contribution in [0.15, 0.2) is 64.4 Å². The summed E-state index contributed by atoms with van der Waals surface area (Å²) >= 11 is 0. The van der Waals surface area contributed by atoms with E-state index in [2.05, 4.69) is 0 Å². The molecule has 0 spiro atoms. The fourth-order valence-electron chi connectivity index (χ4n) is 5.01. The van der Waals surface area contributed by atoms with Crippen molar-refractivity contribution in [3.63, 3.8) is 0 Å². The summed E-state index contributed by atoms with van der Waals surface area (Å²) in [6.07, 6.45) is -0.215. The van der Waals surface area contributed by atoms with Gasteiger partial charge in [0.05, 0.1) is 33.5 Å². The highest BCUT2D eigenvalue weighted by Crippen LogP contribution is 2.34. The Morgan fingerprint density at radius 1 is 0.927 bits per heavy atom. The number of imide groups is 1. The molecule has 2 N–H and O–H groups in total. The Kier molecular flexibility index (Phi) is 8.20. The van der Waals surface area contributed by atoms with Crippen molar-refractivity contribution < 1.29 is 26.4 Å². The highest BCUT2D eigenvalue weighted by Gasteiger charge is 2.47. The Bertz CT molecular complexity index is 1770. The van der Waals surface area contributed by atoms with Crippen LogP contribution in [0.4, 0.5) is 5.69 Å². The van der Waals surface area contributed by atoms with Crippen LogP contribution in [0.5, 0.6) is 0 Å². The predicted octanol–water partition coefficient (Wildman–Crippen LogP) is 3.00. The summed E-state index contributed by atoms with van der Waals surface area (Å²) < 4.78 is 53.1. The minimum Gasteiger partial charge on any atom is -0.274 e. The molecule has 0 radical (unpaired) electrons. The van der Waals surface area contributed by atoms with Gasteiger partial charge in [0.1, 0.15) is 6.04 Å². The highest BCUT2D eigenvalue weighted by molar-refractivity contribution is 7.89. The number of sulfonamides is 2. The summed E-state index contributed by atoms with van der Waals surface area (Å²) in [5, 5.41) is 14.3. The van der Waals surface area contributed by atoms with E-state index < -0.39 is 37.9 Å². The van der Waals surface area contributed by atoms with Crippen LogP contribution in [-0.4, -0.2) is 45.5 Å². The van der Waals surface area contributed by atoms with Gasteiger partial charge in [-0.25, -0.2) is 26.9 Å². The third-order valence-electron chi connectivity index (χ3n) is 7.46. The van der Waals surface area contributed by atoms with Gasteiger partial charge in [0, 0.05) is 6.54 Å². The molecule has 0 bridgehead atoms. The Morgan fingerprint density at radius 3 is 2.00 bits per heavy atom. The molecule has 1 unspecified atom stereocenters. The van der Waals surface area contributed by atoms with Crippen molar-refractivity contribution in [1.29, 1.82) is 5.26 Å². The molecule has 1 atom stereocenters. The third-order valence-corrected chi connectivity index (χ3v) is 10.6. The summed E-state index contributed by atoms with van der Waals surface area (Å²) in [7, 11) is -8.19. The smallest absolute Gasteiger partial charge is 0.252 e. The number of rotatable bonds is 8. The van der Waals surface area contributed by atoms with E-state index >= 15 is 0 Å². The Balaban J connectivity index is 1.77. The van der Waals surface area contributed by atoms with Gasteiger partial charge in [0.15, 0.2) is 0 Å². The van der Waals surface area contributed by atoms with E-state index in [4.69, 9.17) is 10.4 Å². The lowest BCUT2D eigenvalue weighted by Crippen LogP contribution is -2.46. The van der Waals surface area contributed by atoms with Crippen molar-refractivity contribution in [1.82, 2.24) is 4.31 Å². The maximum absolute atomic E-state index is 14.4. The molecule has 0 aliphatic carbocycles. The molecule has 2 amide bonds. The van der Waals surface area contributed by atoms with E-state index in [1.807, 2.05) is 26.0 Å². The molecule has 3 aromatic rings. The minimum absolute atomic E-state index is 0.0816. The summed E-state index contributed by atoms with van der Waals surface area (Å²) in [6, 6.07) is 14.2. The molecule has 1 saturated heterocycles. The summed E-state index contributed by atoms with van der Waals surface area (Å²) in [5.74, 6) is -1.25. The second kappa shape index (κ2) is 11.2. The maximum Gasteiger partial charge on any atom is 0.252 e. The van der Waals surface area contributed by atoms with Crippen molar-refractivity contribution in [2.45, 2.75) is 56.4 Å². The zero-order valence-corrected chi connectivity index (χ0v) is 24.7. The highest BCUT2D eigenvalue weighted by atomic mass is 32.2. The average Bonchev–Trinajstić information content (AvgIpc) is 3.20. The predicted molar refractivity (Wildman–Crippen MR) is 153 cm³/mol. The van der Waals surface area contributed by atoms with E-state index in [0.29, 0.717) is 22.3 Å². The quantitative estimate of drug-likeness (QED) is 0.393. The first kappa shape index (κ1) is 30.1. The fourth-order valence-corrected chi connectivity index (χ4v) is 7.69. The van der Waals surface area contributed by atoms with E-state index in [9.17, 15) is 26.4 Å². The number of benzene rings is 3. The van der Waals surface area contributed by atoms with Crippen molar-refractivity contribution >= 4 is 37.5 Å². The van der Waals surface area contributed by atoms with Crippen LogP contribution >= 0.6 is 0 Å². The van der Waals surface area contributed by atoms with Gasteiger partial charge < -0.3 is 0 Å². The number of nitriles is 1. The van der Waals surface area contributed by atoms with E-state index in [0.717, 1.165) is 20.3 Å². The largest absolute Gasteiger partial charge is 0.274 e. The molecule has 1 heterocycles. The number of hydrogen-bond acceptors (Lipinski definition) is 7. The molecule has 12 heteroatoms. The van der Waals surface area contributed by atoms with Gasteiger partial charge in [0.2, 0.25) is 26.0 Å². The molecule has 0 saturated carbocycles. The molecular formula is C29H30N4O6S2. The molecule has 10 nitrogen and oxygen atoms in total. The summed E-state index contributed by atoms with van der Waals surface area (Å²) in [5.41, 5.74) is 3.87. The lowest BCUT2D eigenvalue weighted by Gasteiger charge is -2.29. The van der Waals surface area contributed by atoms with Crippen LogP contribution in [0.25, 0.3) is 0 Å². The van der Waals surface area contributed by atoms with Gasteiger partial charge in [-0.15, -0.1) is 0 Å². The molecule has 3 aromatic carbocycles. The van der Waals surface area contributed by atoms with Crippen molar-refractivity contribution in [2.24, 2.45) is 5.14 Å². The standard InChI is InChI=1S/C29H30N4O6S2/c1-18-15-19(2)21(4)28(20(18)3)41(38,39)32(14-13-22-7-11-25(12-8-22)40(31,36)37)26-16-27(34)33(29(26)35)24-9-5-23(17-30)6-10-24/h5-12,15,26H,13-14,16H2,1-4H3,(H2,31,36,37). The van der Waals surface area contributed by atoms with Gasteiger partial charge in [-0.1, -0.05) is 18.2 Å². The third kappa shape index (κ3) is 5.80. The average molecular weight is 595 g/mol. The molecule has 1 aliphatic rings. The van der Waals surface area contributed by atoms with Gasteiger partial charge >= 0.3 is 0 Å². The number of anilines is 1. The first-order chi connectivity index (χ1) is 19.2. The first-order valence-corrected chi connectivity index (χ1v) is 15.7. The molecular weight excluding hydrogens is 564 g/mol. The fraction of sp³-hybridized carbons (Fsp3) is 0.276. The lowest BCUT2D eigenvalue weighted by molar-refractivity contribution is -0.122. The zero-order chi connectivity index (χ0) is 30.3.